The summed E-state index contributed by atoms with van der Waals surface area (Å²) in [4.78, 5) is 10.4. The predicted molar refractivity (Wildman–Crippen MR) is 474 cm³/mol. The first-order chi connectivity index (χ1) is 55.6. The summed E-state index contributed by atoms with van der Waals surface area (Å²) in [6.07, 6.45) is 4.09. The molecule has 0 atom stereocenters. The van der Waals surface area contributed by atoms with Crippen LogP contribution in [0.2, 0.25) is 0 Å². The first kappa shape index (κ1) is 65.5. The zero-order chi connectivity index (χ0) is 74.0. The second-order valence-electron chi connectivity index (χ2n) is 29.0. The van der Waals surface area contributed by atoms with Gasteiger partial charge in [-0.05, 0) is 164 Å². The van der Waals surface area contributed by atoms with Crippen molar-refractivity contribution in [3.63, 3.8) is 0 Å². The molecule has 22 aromatic rings. The highest BCUT2D eigenvalue weighted by Gasteiger charge is 2.23. The van der Waals surface area contributed by atoms with Gasteiger partial charge in [0.05, 0.1) is 33.5 Å². The van der Waals surface area contributed by atoms with Gasteiger partial charge in [-0.2, -0.15) is 0 Å². The van der Waals surface area contributed by atoms with E-state index in [1.807, 2.05) is 6.20 Å². The van der Waals surface area contributed by atoms with Gasteiger partial charge in [0, 0.05) is 78.5 Å². The normalized spacial score (nSPS) is 11.6. The Labute approximate surface area is 649 Å². The monoisotopic (exact) mass is 1420 g/mol. The molecule has 522 valence electrons. The summed E-state index contributed by atoms with van der Waals surface area (Å²) in [5.74, 6) is 0. The number of hydrogen-bond acceptors (Lipinski definition) is 2. The van der Waals surface area contributed by atoms with Crippen molar-refractivity contribution in [3.05, 3.63) is 425 Å². The number of benzene rings is 18. The predicted octanol–water partition coefficient (Wildman–Crippen LogP) is 29.1. The van der Waals surface area contributed by atoms with E-state index in [9.17, 15) is 0 Å². The lowest BCUT2D eigenvalue weighted by atomic mass is 9.87. The molecule has 112 heavy (non-hydrogen) atoms. The molecule has 0 aliphatic heterocycles. The molecule has 0 aliphatic rings. The summed E-state index contributed by atoms with van der Waals surface area (Å²) in [6.45, 7) is 0. The summed E-state index contributed by atoms with van der Waals surface area (Å²) in [7, 11) is 0. The van der Waals surface area contributed by atoms with Crippen LogP contribution in [0.5, 0.6) is 0 Å². The molecule has 0 fully saturated rings. The van der Waals surface area contributed by atoms with Gasteiger partial charge < -0.3 is 9.13 Å². The summed E-state index contributed by atoms with van der Waals surface area (Å²) < 4.78 is 4.81. The van der Waals surface area contributed by atoms with Crippen molar-refractivity contribution in [3.8, 4) is 112 Å². The van der Waals surface area contributed by atoms with Crippen molar-refractivity contribution in [2.24, 2.45) is 0 Å². The number of aromatic nitrogens is 4. The van der Waals surface area contributed by atoms with E-state index in [0.717, 1.165) is 50.5 Å². The molecule has 0 aliphatic carbocycles. The molecule has 4 heterocycles. The van der Waals surface area contributed by atoms with Crippen LogP contribution in [0.25, 0.3) is 209 Å². The second kappa shape index (κ2) is 27.7. The van der Waals surface area contributed by atoms with Crippen LogP contribution in [0.15, 0.2) is 425 Å². The molecule has 4 nitrogen and oxygen atoms in total. The fraction of sp³-hybridized carbons (Fsp3) is 0. The molecule has 0 amide bonds. The lowest BCUT2D eigenvalue weighted by Crippen LogP contribution is -1.96. The Morgan fingerprint density at radius 3 is 0.991 bits per heavy atom. The van der Waals surface area contributed by atoms with E-state index >= 15 is 0 Å². The number of para-hydroxylation sites is 4. The van der Waals surface area contributed by atoms with Crippen LogP contribution >= 0.6 is 0 Å². The maximum absolute atomic E-state index is 5.28. The van der Waals surface area contributed by atoms with Gasteiger partial charge >= 0.3 is 0 Å². The number of rotatable bonds is 11. The lowest BCUT2D eigenvalue weighted by Gasteiger charge is -2.18. The van der Waals surface area contributed by atoms with E-state index in [1.165, 1.54) is 159 Å². The largest absolute Gasteiger partial charge is 0.309 e. The Kier molecular flexibility index (Phi) is 16.2. The fourth-order valence-corrected chi connectivity index (χ4v) is 17.5. The second-order valence-corrected chi connectivity index (χ2v) is 29.0. The van der Waals surface area contributed by atoms with Crippen molar-refractivity contribution in [2.45, 2.75) is 0 Å². The molecular weight excluding hydrogens is 1350 g/mol. The SMILES string of the molecule is c1ccc(-c2ccc(-c3c4ccccc4c(-c4ccc(-c5ccc(-c6ccc7c(c6)c6ccccc6n7-c6ccccc6)cc5)cn4)c4ccccc34)cc2)cc1.c1ccc(-c2ccc(-c3c4ccccc4c(-c4ccc(-c5cccc6c7ccc8ccccc8c7n(-c7ccccc7)c56)cn4)c4ccccc34)cc2)cc1. The van der Waals surface area contributed by atoms with Crippen molar-refractivity contribution in [1.29, 1.82) is 0 Å². The van der Waals surface area contributed by atoms with Crippen LogP contribution in [0.3, 0.4) is 0 Å². The highest BCUT2D eigenvalue weighted by Crippen LogP contribution is 2.48. The van der Waals surface area contributed by atoms with Gasteiger partial charge in [0.25, 0.3) is 0 Å². The summed E-state index contributed by atoms with van der Waals surface area (Å²) >= 11 is 0. The molecule has 22 rings (SSSR count). The maximum atomic E-state index is 5.28. The minimum Gasteiger partial charge on any atom is -0.309 e. The zero-order valence-corrected chi connectivity index (χ0v) is 61.2. The fourth-order valence-electron chi connectivity index (χ4n) is 17.5. The van der Waals surface area contributed by atoms with Gasteiger partial charge in [0.2, 0.25) is 0 Å². The Balaban J connectivity index is 0.000000142. The van der Waals surface area contributed by atoms with Gasteiger partial charge in [-0.1, -0.05) is 358 Å². The molecule has 0 unspecified atom stereocenters. The van der Waals surface area contributed by atoms with Crippen molar-refractivity contribution >= 4 is 97.5 Å². The van der Waals surface area contributed by atoms with Gasteiger partial charge in [-0.15, -0.1) is 0 Å². The summed E-state index contributed by atoms with van der Waals surface area (Å²) in [5, 5.41) is 17.2. The zero-order valence-electron chi connectivity index (χ0n) is 61.2. The van der Waals surface area contributed by atoms with Crippen LogP contribution < -0.4 is 0 Å². The Hall–Kier alpha value is -14.8. The average Bonchev–Trinajstić information content (AvgIpc) is 1.16. The van der Waals surface area contributed by atoms with Gasteiger partial charge in [0.1, 0.15) is 0 Å². The highest BCUT2D eigenvalue weighted by atomic mass is 15.0. The van der Waals surface area contributed by atoms with Crippen molar-refractivity contribution in [1.82, 2.24) is 19.1 Å². The first-order valence-corrected chi connectivity index (χ1v) is 38.4. The molecule has 0 spiro atoms. The van der Waals surface area contributed by atoms with Crippen LogP contribution in [0.1, 0.15) is 0 Å². The van der Waals surface area contributed by atoms with Crippen LogP contribution in [-0.2, 0) is 0 Å². The molecule has 0 N–H and O–H groups in total. The van der Waals surface area contributed by atoms with Crippen LogP contribution in [0, 0.1) is 0 Å². The topological polar surface area (TPSA) is 35.6 Å². The van der Waals surface area contributed by atoms with E-state index in [4.69, 9.17) is 9.97 Å². The Morgan fingerprint density at radius 2 is 0.509 bits per heavy atom. The lowest BCUT2D eigenvalue weighted by molar-refractivity contribution is 1.18. The van der Waals surface area contributed by atoms with E-state index in [2.05, 4.69) is 428 Å². The smallest absolute Gasteiger partial charge is 0.0714 e. The Bertz CT molecular complexity index is 7220. The van der Waals surface area contributed by atoms with Gasteiger partial charge in [0.15, 0.2) is 0 Å². The van der Waals surface area contributed by atoms with Gasteiger partial charge in [-0.25, -0.2) is 0 Å². The van der Waals surface area contributed by atoms with E-state index in [0.29, 0.717) is 0 Å². The van der Waals surface area contributed by atoms with Crippen LogP contribution in [-0.4, -0.2) is 19.1 Å². The maximum Gasteiger partial charge on any atom is 0.0714 e. The van der Waals surface area contributed by atoms with Crippen molar-refractivity contribution < 1.29 is 0 Å². The number of hydrogen-bond donors (Lipinski definition) is 0. The quantitative estimate of drug-likeness (QED) is 0.121. The summed E-state index contributed by atoms with van der Waals surface area (Å²) in [6, 6.07) is 149. The molecule has 0 saturated carbocycles. The minimum atomic E-state index is 0.962. The minimum absolute atomic E-state index is 0.962. The van der Waals surface area contributed by atoms with Gasteiger partial charge in [-0.3, -0.25) is 9.97 Å². The molecule has 4 heteroatoms. The van der Waals surface area contributed by atoms with Crippen molar-refractivity contribution in [2.75, 3.05) is 0 Å². The van der Waals surface area contributed by atoms with E-state index < -0.39 is 0 Å². The molecule has 18 aromatic carbocycles. The third-order valence-electron chi connectivity index (χ3n) is 22.7. The number of fused-ring (bicyclic) bond motifs is 12. The summed E-state index contributed by atoms with van der Waals surface area (Å²) in [5.41, 5.74) is 28.1. The highest BCUT2D eigenvalue weighted by molar-refractivity contribution is 6.24. The first-order valence-electron chi connectivity index (χ1n) is 38.4. The molecular formula is C108H70N4. The molecule has 0 saturated heterocycles. The third kappa shape index (κ3) is 11.3. The Morgan fingerprint density at radius 1 is 0.170 bits per heavy atom. The molecule has 4 aromatic heterocycles. The molecule has 0 bridgehead atoms. The van der Waals surface area contributed by atoms with E-state index in [1.54, 1.807) is 0 Å². The van der Waals surface area contributed by atoms with Crippen LogP contribution in [0.4, 0.5) is 0 Å². The average molecular weight is 1420 g/mol. The number of nitrogens with zero attached hydrogens (tertiary/aromatic N) is 4. The standard InChI is InChI=1S/C55H36N2.C53H34N2/c1-3-13-37(14-4-1)38-27-29-41(30-28-38)54-46-18-7-9-20-48(46)55(49-21-10-8-19-47(49)54)51-33-31-43(36-56-51)40-25-23-39(24-26-40)42-32-34-53-50(35-42)45-17-11-12-22-52(45)57(53)44-15-5-2-6-16-44;1-3-14-35(15-4-1)36-26-28-38(29-27-36)50-43-20-9-11-22-45(43)51(46-23-12-10-21-44(46)50)49-33-31-39(34-54-49)42-24-13-25-47-48-32-30-37-16-7-8-19-41(37)52(48)55(53(42)47)40-17-5-2-6-18-40/h1-36H;1-34H. The number of pyridine rings is 2. The third-order valence-corrected chi connectivity index (χ3v) is 22.7. The van der Waals surface area contributed by atoms with E-state index in [-0.39, 0.29) is 0 Å². The molecule has 0 radical (unpaired) electrons.